The lowest BCUT2D eigenvalue weighted by atomic mass is 10.1. The van der Waals surface area contributed by atoms with Crippen molar-refractivity contribution in [1.29, 1.82) is 0 Å². The molecule has 2 aliphatic heterocycles. The number of piperazine rings is 1. The Bertz CT molecular complexity index is 1140. The average Bonchev–Trinajstić information content (AvgIpc) is 3.29. The van der Waals surface area contributed by atoms with Crippen molar-refractivity contribution in [3.63, 3.8) is 0 Å². The molecule has 10 heteroatoms. The van der Waals surface area contributed by atoms with Gasteiger partial charge >= 0.3 is 0 Å². The maximum atomic E-state index is 14.9. The topological polar surface area (TPSA) is 82.2 Å². The fourth-order valence-electron chi connectivity index (χ4n) is 4.32. The van der Waals surface area contributed by atoms with E-state index in [2.05, 4.69) is 30.2 Å². The van der Waals surface area contributed by atoms with Gasteiger partial charge < -0.3 is 24.8 Å². The van der Waals surface area contributed by atoms with Crippen molar-refractivity contribution >= 4 is 11.5 Å². The molecule has 2 aliphatic rings. The van der Waals surface area contributed by atoms with Crippen molar-refractivity contribution in [2.75, 3.05) is 49.1 Å². The minimum absolute atomic E-state index is 0.0601. The van der Waals surface area contributed by atoms with Gasteiger partial charge in [-0.3, -0.25) is 0 Å². The molecule has 8 nitrogen and oxygen atoms in total. The molecule has 0 atom stereocenters. The molecule has 0 radical (unpaired) electrons. The monoisotopic (exact) mass is 455 g/mol. The number of ether oxygens (including phenoxy) is 1. The summed E-state index contributed by atoms with van der Waals surface area (Å²) < 4.78 is 35.2. The van der Waals surface area contributed by atoms with Crippen LogP contribution in [0.3, 0.4) is 0 Å². The number of H-pyrrole nitrogens is 1. The van der Waals surface area contributed by atoms with Crippen LogP contribution in [0.1, 0.15) is 25.5 Å². The first-order chi connectivity index (χ1) is 16.0. The van der Waals surface area contributed by atoms with E-state index in [4.69, 9.17) is 4.74 Å². The van der Waals surface area contributed by atoms with E-state index >= 15 is 0 Å². The number of fused-ring (bicyclic) bond motifs is 1. The lowest BCUT2D eigenvalue weighted by molar-refractivity contribution is 0.287. The van der Waals surface area contributed by atoms with E-state index in [0.717, 1.165) is 38.2 Å². The van der Waals surface area contributed by atoms with E-state index in [-0.39, 0.29) is 17.5 Å². The highest BCUT2D eigenvalue weighted by Crippen LogP contribution is 2.39. The highest BCUT2D eigenvalue weighted by molar-refractivity contribution is 5.72. The summed E-state index contributed by atoms with van der Waals surface area (Å²) in [5, 5.41) is 3.32. The molecule has 2 aromatic heterocycles. The third-order valence-corrected chi connectivity index (χ3v) is 6.00. The molecule has 3 aromatic rings. The fourth-order valence-corrected chi connectivity index (χ4v) is 4.32. The first-order valence-electron chi connectivity index (χ1n) is 11.2. The molecule has 0 spiro atoms. The van der Waals surface area contributed by atoms with E-state index in [1.807, 2.05) is 18.7 Å². The molecule has 1 fully saturated rings. The highest BCUT2D eigenvalue weighted by atomic mass is 19.1. The van der Waals surface area contributed by atoms with Crippen LogP contribution in [-0.2, 0) is 6.42 Å². The minimum atomic E-state index is -0.605. The fraction of sp³-hybridized carbons (Fsp3) is 0.435. The van der Waals surface area contributed by atoms with Crippen LogP contribution in [0.2, 0.25) is 0 Å². The van der Waals surface area contributed by atoms with Crippen LogP contribution in [0, 0.1) is 11.6 Å². The van der Waals surface area contributed by atoms with Gasteiger partial charge in [-0.15, -0.1) is 0 Å². The molecular formula is C23H27F2N7O. The van der Waals surface area contributed by atoms with Crippen molar-refractivity contribution in [3.8, 4) is 17.0 Å². The molecule has 4 heterocycles. The van der Waals surface area contributed by atoms with E-state index in [9.17, 15) is 8.78 Å². The van der Waals surface area contributed by atoms with Gasteiger partial charge in [0.05, 0.1) is 31.0 Å². The largest absolute Gasteiger partial charge is 0.486 e. The molecular weight excluding hydrogens is 428 g/mol. The number of aromatic nitrogens is 4. The smallest absolute Gasteiger partial charge is 0.178 e. The molecule has 0 saturated carbocycles. The number of hydrogen-bond acceptors (Lipinski definition) is 7. The SMILES string of the molecule is CC(C)N1CCOc2c(F)cc(-c3nc(Cc4ncc(N5CCNCC5)[nH]4)ncc3F)cc21. The Hall–Kier alpha value is -3.27. The van der Waals surface area contributed by atoms with Crippen molar-refractivity contribution in [3.05, 3.63) is 47.8 Å². The minimum Gasteiger partial charge on any atom is -0.486 e. The molecule has 0 unspecified atom stereocenters. The van der Waals surface area contributed by atoms with Gasteiger partial charge in [-0.2, -0.15) is 0 Å². The van der Waals surface area contributed by atoms with Gasteiger partial charge in [0, 0.05) is 37.8 Å². The number of hydrogen-bond donors (Lipinski definition) is 2. The van der Waals surface area contributed by atoms with E-state index in [1.165, 1.54) is 6.07 Å². The third-order valence-electron chi connectivity index (χ3n) is 6.00. The predicted molar refractivity (Wildman–Crippen MR) is 122 cm³/mol. The number of nitrogens with zero attached hydrogens (tertiary/aromatic N) is 5. The number of aromatic amines is 1. The van der Waals surface area contributed by atoms with Crippen LogP contribution in [0.15, 0.2) is 24.5 Å². The molecule has 174 valence electrons. The van der Waals surface area contributed by atoms with Crippen LogP contribution in [-0.4, -0.2) is 65.3 Å². The van der Waals surface area contributed by atoms with E-state index in [0.29, 0.717) is 42.5 Å². The normalized spacial score (nSPS) is 16.2. The summed E-state index contributed by atoms with van der Waals surface area (Å²) in [6, 6.07) is 3.16. The van der Waals surface area contributed by atoms with Gasteiger partial charge in [-0.1, -0.05) is 0 Å². The Labute approximate surface area is 191 Å². The predicted octanol–water partition coefficient (Wildman–Crippen LogP) is 2.75. The van der Waals surface area contributed by atoms with Gasteiger partial charge in [-0.05, 0) is 26.0 Å². The molecule has 0 amide bonds. The van der Waals surface area contributed by atoms with Gasteiger partial charge in [0.25, 0.3) is 0 Å². The lowest BCUT2D eigenvalue weighted by Gasteiger charge is -2.34. The number of nitrogens with one attached hydrogen (secondary N) is 2. The molecule has 0 aliphatic carbocycles. The van der Waals surface area contributed by atoms with Crippen LogP contribution in [0.25, 0.3) is 11.3 Å². The van der Waals surface area contributed by atoms with Crippen molar-refractivity contribution in [2.45, 2.75) is 26.3 Å². The molecule has 2 N–H and O–H groups in total. The Balaban J connectivity index is 1.43. The summed E-state index contributed by atoms with van der Waals surface area (Å²) in [5.74, 6) is 1.11. The van der Waals surface area contributed by atoms with Crippen LogP contribution < -0.4 is 19.9 Å². The standard InChI is InChI=1S/C23H27F2N7O/c1-14(2)32-7-8-33-23-16(24)9-15(10-18(23)32)22-17(25)12-27-20(30-22)11-19-28-13-21(29-19)31-5-3-26-4-6-31/h9-10,12-14,26H,3-8,11H2,1-2H3,(H,28,29). The van der Waals surface area contributed by atoms with Gasteiger partial charge in [0.2, 0.25) is 0 Å². The molecule has 0 bridgehead atoms. The number of benzene rings is 1. The number of anilines is 2. The number of halogens is 2. The van der Waals surface area contributed by atoms with Crippen molar-refractivity contribution < 1.29 is 13.5 Å². The zero-order chi connectivity index (χ0) is 22.9. The summed E-state index contributed by atoms with van der Waals surface area (Å²) in [6.45, 7) is 8.76. The van der Waals surface area contributed by atoms with Gasteiger partial charge in [0.15, 0.2) is 17.4 Å². The first kappa shape index (κ1) is 21.6. The molecule has 33 heavy (non-hydrogen) atoms. The van der Waals surface area contributed by atoms with Gasteiger partial charge in [0.1, 0.15) is 29.8 Å². The van der Waals surface area contributed by atoms with Crippen molar-refractivity contribution in [2.24, 2.45) is 0 Å². The Kier molecular flexibility index (Phi) is 5.84. The summed E-state index contributed by atoms with van der Waals surface area (Å²) in [4.78, 5) is 20.6. The zero-order valence-corrected chi connectivity index (χ0v) is 18.7. The first-order valence-corrected chi connectivity index (χ1v) is 11.2. The van der Waals surface area contributed by atoms with Gasteiger partial charge in [-0.25, -0.2) is 23.7 Å². The number of imidazole rings is 1. The van der Waals surface area contributed by atoms with Crippen LogP contribution in [0.5, 0.6) is 5.75 Å². The van der Waals surface area contributed by atoms with Crippen LogP contribution >= 0.6 is 0 Å². The second-order valence-electron chi connectivity index (χ2n) is 8.55. The highest BCUT2D eigenvalue weighted by Gasteiger charge is 2.26. The summed E-state index contributed by atoms with van der Waals surface area (Å²) in [6.07, 6.45) is 3.24. The van der Waals surface area contributed by atoms with E-state index in [1.54, 1.807) is 12.3 Å². The maximum Gasteiger partial charge on any atom is 0.178 e. The van der Waals surface area contributed by atoms with Crippen molar-refractivity contribution in [1.82, 2.24) is 25.3 Å². The Morgan fingerprint density at radius 1 is 1.06 bits per heavy atom. The molecule has 1 aromatic carbocycles. The van der Waals surface area contributed by atoms with Crippen LogP contribution in [0.4, 0.5) is 20.3 Å². The third kappa shape index (κ3) is 4.35. The summed E-state index contributed by atoms with van der Waals surface area (Å²) in [7, 11) is 0. The maximum absolute atomic E-state index is 14.9. The summed E-state index contributed by atoms with van der Waals surface area (Å²) >= 11 is 0. The Morgan fingerprint density at radius 2 is 1.88 bits per heavy atom. The zero-order valence-electron chi connectivity index (χ0n) is 18.7. The van der Waals surface area contributed by atoms with E-state index < -0.39 is 11.6 Å². The number of rotatable bonds is 5. The second-order valence-corrected chi connectivity index (χ2v) is 8.55. The molecule has 1 saturated heterocycles. The second kappa shape index (κ2) is 8.93. The lowest BCUT2D eigenvalue weighted by Crippen LogP contribution is -2.43. The molecule has 5 rings (SSSR count). The summed E-state index contributed by atoms with van der Waals surface area (Å²) in [5.41, 5.74) is 1.02. The Morgan fingerprint density at radius 3 is 2.67 bits per heavy atom. The quantitative estimate of drug-likeness (QED) is 0.612. The average molecular weight is 456 g/mol.